The van der Waals surface area contributed by atoms with Gasteiger partial charge in [0.25, 0.3) is 20.2 Å². The third kappa shape index (κ3) is 7.69. The van der Waals surface area contributed by atoms with Crippen molar-refractivity contribution >= 4 is 58.9 Å². The lowest BCUT2D eigenvalue weighted by atomic mass is 9.79. The molecule has 0 bridgehead atoms. The van der Waals surface area contributed by atoms with Gasteiger partial charge in [0.15, 0.2) is 5.71 Å². The van der Waals surface area contributed by atoms with Crippen LogP contribution in [0.25, 0.3) is 21.5 Å². The summed E-state index contributed by atoms with van der Waals surface area (Å²) in [5.74, 6) is -0.306. The molecule has 2 aliphatic rings. The van der Waals surface area contributed by atoms with E-state index in [1.807, 2.05) is 36.4 Å². The summed E-state index contributed by atoms with van der Waals surface area (Å²) in [5.41, 5.74) is 6.25. The fourth-order valence-electron chi connectivity index (χ4n) is 8.11. The molecule has 0 aromatic heterocycles. The van der Waals surface area contributed by atoms with Gasteiger partial charge in [0.2, 0.25) is 5.69 Å². The minimum absolute atomic E-state index is 0.163. The average Bonchev–Trinajstić information content (AvgIpc) is 3.45. The van der Waals surface area contributed by atoms with Crippen LogP contribution in [0.4, 0.5) is 11.4 Å². The number of benzene rings is 4. The Morgan fingerprint density at radius 3 is 2.17 bits per heavy atom. The van der Waals surface area contributed by atoms with Gasteiger partial charge in [-0.15, -0.1) is 0 Å². The van der Waals surface area contributed by atoms with Crippen molar-refractivity contribution in [1.29, 1.82) is 0 Å². The van der Waals surface area contributed by atoms with Gasteiger partial charge >= 0.3 is 0 Å². The first-order valence-corrected chi connectivity index (χ1v) is 21.3. The van der Waals surface area contributed by atoms with Gasteiger partial charge in [-0.2, -0.15) is 21.4 Å². The maximum absolute atomic E-state index is 11.9. The van der Waals surface area contributed by atoms with Crippen molar-refractivity contribution in [2.24, 2.45) is 0 Å². The van der Waals surface area contributed by atoms with Crippen molar-refractivity contribution in [3.8, 4) is 0 Å². The van der Waals surface area contributed by atoms with Gasteiger partial charge in [-0.3, -0.25) is 9.11 Å². The number of hydrogen-bond donors (Lipinski definition) is 2. The monoisotopic (exact) mass is 753 g/mol. The molecule has 2 N–H and O–H groups in total. The van der Waals surface area contributed by atoms with E-state index < -0.39 is 25.7 Å². The standard InChI is InChI=1S/C43H48N2O6S2/c1-6-7-27-44-36-25-21-31-17-13-14-18-34(31)40(36)42(2,3)38(44)19-11-9-8-10-12-20-39-43(4,5)41-35-24-23-33(53(49,50)51)30-32(35)22-26-37(41)45(39)28-15-16-29-52(46,47)48/h8-14,17-26,30H,6-7,15-16,27-29H2,1-5H3,(H-,46,47,48,49,50,51)/p+1. The van der Waals surface area contributed by atoms with E-state index in [1.165, 1.54) is 39.9 Å². The van der Waals surface area contributed by atoms with E-state index >= 15 is 0 Å². The number of allylic oxidation sites excluding steroid dienone is 8. The van der Waals surface area contributed by atoms with Crippen LogP contribution in [0.3, 0.4) is 0 Å². The SMILES string of the molecule is CCCCN1/C(=C/C=C/C=C/C=C/C2=[N+](CCCCS(=O)(=O)O)c3ccc4cc(S(=O)(=O)O)ccc4c3C2(C)C)C(C)(C)c2c1ccc1ccccc21. The van der Waals surface area contributed by atoms with Crippen LogP contribution in [0, 0.1) is 0 Å². The van der Waals surface area contributed by atoms with Gasteiger partial charge in [-0.05, 0) is 84.1 Å². The first-order chi connectivity index (χ1) is 25.1. The van der Waals surface area contributed by atoms with Gasteiger partial charge in [0, 0.05) is 47.5 Å². The highest BCUT2D eigenvalue weighted by atomic mass is 32.2. The first kappa shape index (κ1) is 38.4. The van der Waals surface area contributed by atoms with Crippen molar-refractivity contribution in [2.75, 3.05) is 23.7 Å². The predicted octanol–water partition coefficient (Wildman–Crippen LogP) is 9.43. The predicted molar refractivity (Wildman–Crippen MR) is 217 cm³/mol. The molecule has 0 unspecified atom stereocenters. The summed E-state index contributed by atoms with van der Waals surface area (Å²) in [4.78, 5) is 2.32. The van der Waals surface area contributed by atoms with Crippen LogP contribution < -0.4 is 4.90 Å². The molecule has 0 amide bonds. The number of unbranched alkanes of at least 4 members (excludes halogenated alkanes) is 2. The number of fused-ring (bicyclic) bond motifs is 6. The molecule has 0 spiro atoms. The van der Waals surface area contributed by atoms with Crippen LogP contribution in [-0.4, -0.2) is 55.1 Å². The fraction of sp³-hybridized carbons (Fsp3) is 0.326. The molecule has 2 aliphatic heterocycles. The van der Waals surface area contributed by atoms with Crippen LogP contribution in [0.5, 0.6) is 0 Å². The van der Waals surface area contributed by atoms with E-state index in [0.29, 0.717) is 24.8 Å². The van der Waals surface area contributed by atoms with E-state index in [9.17, 15) is 25.9 Å². The smallest absolute Gasteiger partial charge is 0.294 e. The fourth-order valence-corrected chi connectivity index (χ4v) is 9.19. The Bertz CT molecular complexity index is 2450. The number of anilines is 1. The highest BCUT2D eigenvalue weighted by molar-refractivity contribution is 7.86. The van der Waals surface area contributed by atoms with Crippen molar-refractivity contribution in [3.05, 3.63) is 126 Å². The summed E-state index contributed by atoms with van der Waals surface area (Å²) in [6.45, 7) is 12.6. The van der Waals surface area contributed by atoms with Crippen molar-refractivity contribution in [1.82, 2.24) is 0 Å². The molecule has 0 saturated carbocycles. The Morgan fingerprint density at radius 2 is 1.43 bits per heavy atom. The van der Waals surface area contributed by atoms with Gasteiger partial charge in [0.1, 0.15) is 6.54 Å². The molecule has 6 rings (SSSR count). The summed E-state index contributed by atoms with van der Waals surface area (Å²) in [5, 5.41) is 4.11. The van der Waals surface area contributed by atoms with Crippen LogP contribution in [0.1, 0.15) is 71.4 Å². The highest BCUT2D eigenvalue weighted by Gasteiger charge is 2.45. The van der Waals surface area contributed by atoms with Gasteiger partial charge in [0.05, 0.1) is 16.1 Å². The Hall–Kier alpha value is -4.35. The Balaban J connectivity index is 1.28. The van der Waals surface area contributed by atoms with Crippen molar-refractivity contribution < 1.29 is 30.5 Å². The molecule has 0 fully saturated rings. The van der Waals surface area contributed by atoms with E-state index in [1.54, 1.807) is 6.07 Å². The van der Waals surface area contributed by atoms with Gasteiger partial charge in [-0.1, -0.05) is 94.0 Å². The molecule has 53 heavy (non-hydrogen) atoms. The number of nitrogens with zero attached hydrogens (tertiary/aromatic N) is 2. The molecule has 0 radical (unpaired) electrons. The molecule has 0 saturated heterocycles. The summed E-state index contributed by atoms with van der Waals surface area (Å²) in [6, 6.07) is 21.5. The van der Waals surface area contributed by atoms with Gasteiger partial charge in [-0.25, -0.2) is 0 Å². The molecule has 10 heteroatoms. The Labute approximate surface area is 314 Å². The molecular weight excluding hydrogens is 705 g/mol. The zero-order valence-electron chi connectivity index (χ0n) is 31.1. The lowest BCUT2D eigenvalue weighted by Crippen LogP contribution is -2.28. The van der Waals surface area contributed by atoms with Gasteiger partial charge < -0.3 is 4.90 Å². The van der Waals surface area contributed by atoms with E-state index in [0.717, 1.165) is 41.7 Å². The van der Waals surface area contributed by atoms with Crippen LogP contribution in [0.2, 0.25) is 0 Å². The third-order valence-corrected chi connectivity index (χ3v) is 12.2. The molecule has 4 aromatic rings. The largest absolute Gasteiger partial charge is 0.344 e. The van der Waals surface area contributed by atoms with Crippen LogP contribution in [-0.2, 0) is 31.1 Å². The molecule has 0 aliphatic carbocycles. The van der Waals surface area contributed by atoms with Crippen molar-refractivity contribution in [3.63, 3.8) is 0 Å². The second-order valence-electron chi connectivity index (χ2n) is 15.0. The maximum atomic E-state index is 11.9. The normalized spacial score (nSPS) is 17.8. The minimum Gasteiger partial charge on any atom is -0.344 e. The van der Waals surface area contributed by atoms with E-state index in [4.69, 9.17) is 0 Å². The Morgan fingerprint density at radius 1 is 0.736 bits per heavy atom. The quantitative estimate of drug-likeness (QED) is 0.0605. The van der Waals surface area contributed by atoms with Crippen LogP contribution in [0.15, 0.2) is 120 Å². The third-order valence-electron chi connectivity index (χ3n) is 10.6. The van der Waals surface area contributed by atoms with Crippen LogP contribution >= 0.6 is 0 Å². The summed E-state index contributed by atoms with van der Waals surface area (Å²) >= 11 is 0. The lowest BCUT2D eigenvalue weighted by molar-refractivity contribution is -0.438. The number of hydrogen-bond acceptors (Lipinski definition) is 5. The second kappa shape index (κ2) is 14.8. The molecular formula is C43H49N2O6S2+. The zero-order chi connectivity index (χ0) is 38.2. The van der Waals surface area contributed by atoms with Crippen molar-refractivity contribution in [2.45, 2.75) is 76.0 Å². The summed E-state index contributed by atoms with van der Waals surface area (Å²) in [6.07, 6.45) is 17.5. The average molecular weight is 754 g/mol. The Kier molecular flexibility index (Phi) is 10.7. The molecule has 8 nitrogen and oxygen atoms in total. The maximum Gasteiger partial charge on any atom is 0.294 e. The molecule has 2 heterocycles. The lowest BCUT2D eigenvalue weighted by Gasteiger charge is -2.27. The highest BCUT2D eigenvalue weighted by Crippen LogP contribution is 2.51. The summed E-state index contributed by atoms with van der Waals surface area (Å²) < 4.78 is 67.6. The van der Waals surface area contributed by atoms with E-state index in [-0.39, 0.29) is 16.1 Å². The topological polar surface area (TPSA) is 115 Å². The number of rotatable bonds is 13. The molecule has 4 aromatic carbocycles. The minimum atomic E-state index is -4.36. The first-order valence-electron chi connectivity index (χ1n) is 18.2. The molecule has 0 atom stereocenters. The second-order valence-corrected chi connectivity index (χ2v) is 18.0. The molecule has 278 valence electrons. The summed E-state index contributed by atoms with van der Waals surface area (Å²) in [7, 11) is -8.42. The van der Waals surface area contributed by atoms with E-state index in [2.05, 4.69) is 98.7 Å². The zero-order valence-corrected chi connectivity index (χ0v) is 32.7.